The predicted molar refractivity (Wildman–Crippen MR) is 123 cm³/mol. The molecule has 0 spiro atoms. The number of halogens is 1. The Balaban J connectivity index is 1.44. The van der Waals surface area contributed by atoms with Crippen molar-refractivity contribution in [2.24, 2.45) is 7.05 Å². The summed E-state index contributed by atoms with van der Waals surface area (Å²) in [5.41, 5.74) is 2.43. The topological polar surface area (TPSA) is 86.1 Å². The zero-order valence-electron chi connectivity index (χ0n) is 17.1. The van der Waals surface area contributed by atoms with Crippen molar-refractivity contribution in [3.8, 4) is 11.4 Å². The summed E-state index contributed by atoms with van der Waals surface area (Å²) in [5.74, 6) is 0.272. The number of nitrogens with zero attached hydrogens (tertiary/aromatic N) is 3. The summed E-state index contributed by atoms with van der Waals surface area (Å²) in [6.45, 7) is 2.08. The molecule has 7 nitrogen and oxygen atoms in total. The second-order valence-corrected chi connectivity index (χ2v) is 9.47. The van der Waals surface area contributed by atoms with Crippen molar-refractivity contribution in [1.29, 1.82) is 0 Å². The van der Waals surface area contributed by atoms with Crippen LogP contribution in [0.2, 0.25) is 5.02 Å². The predicted octanol–water partition coefficient (Wildman–Crippen LogP) is 4.59. The minimum Gasteiger partial charge on any atom is -0.462 e. The number of thiophene rings is 1. The molecular weight excluding hydrogens is 456 g/mol. The maximum atomic E-state index is 12.6. The number of thioether (sulfide) groups is 1. The number of amides is 1. The molecule has 0 fully saturated rings. The normalized spacial score (nSPS) is 12.6. The van der Waals surface area contributed by atoms with Crippen molar-refractivity contribution in [2.45, 2.75) is 31.3 Å². The Kier molecular flexibility index (Phi) is 6.64. The number of nitrogens with one attached hydrogen (secondary N) is 1. The molecule has 1 N–H and O–H groups in total. The Morgan fingerprint density at radius 2 is 2.03 bits per heavy atom. The number of carbonyl (C=O) groups excluding carboxylic acids is 2. The van der Waals surface area contributed by atoms with Gasteiger partial charge in [0, 0.05) is 22.5 Å². The van der Waals surface area contributed by atoms with Gasteiger partial charge in [-0.3, -0.25) is 4.79 Å². The average Bonchev–Trinajstić information content (AvgIpc) is 3.42. The van der Waals surface area contributed by atoms with Crippen LogP contribution in [0.1, 0.15) is 34.1 Å². The first-order valence-corrected chi connectivity index (χ1v) is 12.1. The average molecular weight is 477 g/mol. The van der Waals surface area contributed by atoms with E-state index in [-0.39, 0.29) is 17.6 Å². The van der Waals surface area contributed by atoms with Crippen molar-refractivity contribution in [1.82, 2.24) is 14.8 Å². The molecule has 31 heavy (non-hydrogen) atoms. The fourth-order valence-corrected chi connectivity index (χ4v) is 5.63. The number of anilines is 1. The van der Waals surface area contributed by atoms with Gasteiger partial charge in [-0.15, -0.1) is 21.5 Å². The second kappa shape index (κ2) is 9.42. The third-order valence-electron chi connectivity index (χ3n) is 4.92. The van der Waals surface area contributed by atoms with Crippen molar-refractivity contribution in [3.63, 3.8) is 0 Å². The number of benzene rings is 1. The number of esters is 1. The molecule has 3 aromatic rings. The number of aryl methyl sites for hydroxylation is 1. The van der Waals surface area contributed by atoms with Crippen molar-refractivity contribution in [2.75, 3.05) is 17.7 Å². The van der Waals surface area contributed by atoms with E-state index in [0.29, 0.717) is 33.2 Å². The van der Waals surface area contributed by atoms with E-state index in [2.05, 4.69) is 15.5 Å². The molecule has 0 radical (unpaired) electrons. The van der Waals surface area contributed by atoms with Gasteiger partial charge in [0.05, 0.1) is 17.9 Å². The van der Waals surface area contributed by atoms with Gasteiger partial charge in [-0.25, -0.2) is 4.79 Å². The van der Waals surface area contributed by atoms with Gasteiger partial charge in [-0.2, -0.15) is 0 Å². The largest absolute Gasteiger partial charge is 0.462 e. The van der Waals surface area contributed by atoms with Crippen LogP contribution in [-0.4, -0.2) is 39.0 Å². The molecule has 162 valence electrons. The first-order valence-electron chi connectivity index (χ1n) is 9.87. The van der Waals surface area contributed by atoms with Gasteiger partial charge in [-0.05, 0) is 56.0 Å². The summed E-state index contributed by atoms with van der Waals surface area (Å²) in [6, 6.07) is 7.34. The highest BCUT2D eigenvalue weighted by Crippen LogP contribution is 2.39. The lowest BCUT2D eigenvalue weighted by molar-refractivity contribution is -0.113. The van der Waals surface area contributed by atoms with Crippen molar-refractivity contribution >= 4 is 51.6 Å². The lowest BCUT2D eigenvalue weighted by atomic mass is 10.1. The standard InChI is InChI=1S/C21H21ClN4O3S2/c1-3-29-20(28)17-14-5-4-6-15(14)31-19(17)23-16(27)11-30-21-25-24-18(26(21)2)12-7-9-13(22)10-8-12/h7-10H,3-6,11H2,1-2H3,(H,23,27). The molecule has 1 aliphatic rings. The first-order chi connectivity index (χ1) is 15.0. The summed E-state index contributed by atoms with van der Waals surface area (Å²) >= 11 is 8.71. The molecule has 2 heterocycles. The van der Waals surface area contributed by atoms with E-state index in [1.807, 2.05) is 23.7 Å². The van der Waals surface area contributed by atoms with Crippen LogP contribution >= 0.6 is 34.7 Å². The zero-order chi connectivity index (χ0) is 22.0. The molecule has 1 amide bonds. The van der Waals surface area contributed by atoms with Crippen LogP contribution in [0.5, 0.6) is 0 Å². The Labute approximate surface area is 193 Å². The third-order valence-corrected chi connectivity index (χ3v) is 7.40. The fourth-order valence-electron chi connectivity index (χ4n) is 3.50. The quantitative estimate of drug-likeness (QED) is 0.396. The van der Waals surface area contributed by atoms with Gasteiger partial charge >= 0.3 is 5.97 Å². The zero-order valence-corrected chi connectivity index (χ0v) is 19.5. The number of hydrogen-bond donors (Lipinski definition) is 1. The molecule has 1 aromatic carbocycles. The molecule has 0 saturated heterocycles. The Hall–Kier alpha value is -2.36. The van der Waals surface area contributed by atoms with Gasteiger partial charge in [0.15, 0.2) is 11.0 Å². The number of rotatable bonds is 7. The molecule has 0 unspecified atom stereocenters. The lowest BCUT2D eigenvalue weighted by Crippen LogP contribution is -2.17. The Morgan fingerprint density at radius 3 is 2.77 bits per heavy atom. The highest BCUT2D eigenvalue weighted by molar-refractivity contribution is 7.99. The Bertz CT molecular complexity index is 1120. The van der Waals surface area contributed by atoms with Crippen LogP contribution in [0.25, 0.3) is 11.4 Å². The van der Waals surface area contributed by atoms with E-state index in [1.54, 1.807) is 19.1 Å². The van der Waals surface area contributed by atoms with E-state index in [1.165, 1.54) is 23.1 Å². The molecule has 2 aromatic heterocycles. The van der Waals surface area contributed by atoms with Crippen LogP contribution in [0, 0.1) is 0 Å². The molecule has 0 aliphatic heterocycles. The van der Waals surface area contributed by atoms with Gasteiger partial charge in [0.25, 0.3) is 0 Å². The highest BCUT2D eigenvalue weighted by atomic mass is 35.5. The maximum Gasteiger partial charge on any atom is 0.341 e. The van der Waals surface area contributed by atoms with Crippen LogP contribution in [0.3, 0.4) is 0 Å². The summed E-state index contributed by atoms with van der Waals surface area (Å²) in [4.78, 5) is 26.2. The van der Waals surface area contributed by atoms with E-state index >= 15 is 0 Å². The van der Waals surface area contributed by atoms with Gasteiger partial charge in [-0.1, -0.05) is 23.4 Å². The highest BCUT2D eigenvalue weighted by Gasteiger charge is 2.28. The second-order valence-electron chi connectivity index (χ2n) is 6.99. The smallest absolute Gasteiger partial charge is 0.341 e. The Morgan fingerprint density at radius 1 is 1.26 bits per heavy atom. The van der Waals surface area contributed by atoms with Gasteiger partial charge in [0.2, 0.25) is 5.91 Å². The molecule has 1 aliphatic carbocycles. The van der Waals surface area contributed by atoms with Crippen LogP contribution in [0.15, 0.2) is 29.4 Å². The maximum absolute atomic E-state index is 12.6. The first kappa shape index (κ1) is 21.9. The number of fused-ring (bicyclic) bond motifs is 1. The van der Waals surface area contributed by atoms with E-state index in [0.717, 1.165) is 35.3 Å². The number of hydrogen-bond acceptors (Lipinski definition) is 7. The number of carbonyl (C=O) groups is 2. The van der Waals surface area contributed by atoms with E-state index < -0.39 is 0 Å². The molecule has 10 heteroatoms. The van der Waals surface area contributed by atoms with Crippen molar-refractivity contribution < 1.29 is 14.3 Å². The molecule has 0 atom stereocenters. The minimum atomic E-state index is -0.370. The molecule has 0 saturated carbocycles. The SMILES string of the molecule is CCOC(=O)c1c(NC(=O)CSc2nnc(-c3ccc(Cl)cc3)n2C)sc2c1CCC2. The van der Waals surface area contributed by atoms with Gasteiger partial charge in [0.1, 0.15) is 5.00 Å². The summed E-state index contributed by atoms with van der Waals surface area (Å²) in [6.07, 6.45) is 2.81. The summed E-state index contributed by atoms with van der Waals surface area (Å²) < 4.78 is 7.05. The van der Waals surface area contributed by atoms with E-state index in [4.69, 9.17) is 16.3 Å². The third kappa shape index (κ3) is 4.63. The van der Waals surface area contributed by atoms with Crippen LogP contribution in [0.4, 0.5) is 5.00 Å². The number of aromatic nitrogens is 3. The van der Waals surface area contributed by atoms with Crippen LogP contribution < -0.4 is 5.32 Å². The summed E-state index contributed by atoms with van der Waals surface area (Å²) in [7, 11) is 1.85. The van der Waals surface area contributed by atoms with Gasteiger partial charge < -0.3 is 14.6 Å². The molecule has 4 rings (SSSR count). The lowest BCUT2D eigenvalue weighted by Gasteiger charge is -2.08. The minimum absolute atomic E-state index is 0.150. The van der Waals surface area contributed by atoms with Crippen LogP contribution in [-0.2, 0) is 29.4 Å². The number of ether oxygens (including phenoxy) is 1. The van der Waals surface area contributed by atoms with E-state index in [9.17, 15) is 9.59 Å². The molecule has 0 bridgehead atoms. The fraction of sp³-hybridized carbons (Fsp3) is 0.333. The molecular formula is C21H21ClN4O3S2. The monoisotopic (exact) mass is 476 g/mol. The van der Waals surface area contributed by atoms with Crippen molar-refractivity contribution in [3.05, 3.63) is 45.3 Å². The summed E-state index contributed by atoms with van der Waals surface area (Å²) in [5, 5.41) is 13.2.